The molecule has 1 unspecified atom stereocenters. The first kappa shape index (κ1) is 19.5. The molecule has 4 nitrogen and oxygen atoms in total. The second-order valence-electron chi connectivity index (χ2n) is 7.30. The van der Waals surface area contributed by atoms with E-state index in [1.165, 1.54) is 59.5 Å². The van der Waals surface area contributed by atoms with Crippen LogP contribution in [0, 0.1) is 11.6 Å². The molecule has 0 saturated carbocycles. The third kappa shape index (κ3) is 3.20. The third-order valence-corrected chi connectivity index (χ3v) is 5.63. The van der Waals surface area contributed by atoms with E-state index in [1.807, 2.05) is 0 Å². The van der Waals surface area contributed by atoms with Crippen LogP contribution in [-0.2, 0) is 6.54 Å². The topological polar surface area (TPSA) is 50.5 Å². The van der Waals surface area contributed by atoms with E-state index in [4.69, 9.17) is 16.0 Å². The number of halogens is 3. The average molecular weight is 438 g/mol. The van der Waals surface area contributed by atoms with E-state index in [-0.39, 0.29) is 34.4 Å². The van der Waals surface area contributed by atoms with Gasteiger partial charge in [-0.2, -0.15) is 0 Å². The summed E-state index contributed by atoms with van der Waals surface area (Å²) in [4.78, 5) is 28.0. The van der Waals surface area contributed by atoms with Gasteiger partial charge < -0.3 is 9.32 Å². The zero-order valence-corrected chi connectivity index (χ0v) is 16.7. The Morgan fingerprint density at radius 2 is 1.71 bits per heavy atom. The Kier molecular flexibility index (Phi) is 4.59. The van der Waals surface area contributed by atoms with Crippen molar-refractivity contribution < 1.29 is 18.0 Å². The smallest absolute Gasteiger partial charge is 0.291 e. The van der Waals surface area contributed by atoms with Crippen molar-refractivity contribution in [3.05, 3.63) is 116 Å². The Morgan fingerprint density at radius 3 is 2.45 bits per heavy atom. The maximum Gasteiger partial charge on any atom is 0.291 e. The van der Waals surface area contributed by atoms with Gasteiger partial charge in [0.05, 0.1) is 17.0 Å². The van der Waals surface area contributed by atoms with Gasteiger partial charge in [-0.25, -0.2) is 8.78 Å². The summed E-state index contributed by atoms with van der Waals surface area (Å²) in [7, 11) is 0. The van der Waals surface area contributed by atoms with Gasteiger partial charge in [-0.1, -0.05) is 41.9 Å². The quantitative estimate of drug-likeness (QED) is 0.427. The normalized spacial score (nSPS) is 15.5. The van der Waals surface area contributed by atoms with Crippen LogP contribution in [0.3, 0.4) is 0 Å². The number of hydrogen-bond donors (Lipinski definition) is 0. The van der Waals surface area contributed by atoms with Gasteiger partial charge in [-0.15, -0.1) is 0 Å². The highest BCUT2D eigenvalue weighted by atomic mass is 35.5. The number of amides is 1. The number of carbonyl (C=O) groups is 1. The first-order valence-electron chi connectivity index (χ1n) is 9.50. The molecule has 0 N–H and O–H groups in total. The number of benzene rings is 3. The maximum atomic E-state index is 14.8. The molecule has 0 saturated heterocycles. The lowest BCUT2D eigenvalue weighted by atomic mass is 9.98. The zero-order valence-electron chi connectivity index (χ0n) is 15.9. The standard InChI is InChI=1S/C24H14ClF2NO3/c25-14-7-10-19-17(11-14)22(29)20-21(16-3-1-2-4-18(16)27)28(24(30)23(20)31-19)12-13-5-8-15(26)9-6-13/h1-11,21H,12H2. The summed E-state index contributed by atoms with van der Waals surface area (Å²) in [6.45, 7) is 0.0405. The first-order chi connectivity index (χ1) is 14.9. The molecule has 154 valence electrons. The molecule has 1 aromatic heterocycles. The number of fused-ring (bicyclic) bond motifs is 2. The Labute approximate surface area is 180 Å². The van der Waals surface area contributed by atoms with Crippen molar-refractivity contribution in [3.8, 4) is 0 Å². The minimum atomic E-state index is -0.992. The van der Waals surface area contributed by atoms with Gasteiger partial charge >= 0.3 is 0 Å². The summed E-state index contributed by atoms with van der Waals surface area (Å²) in [5, 5.41) is 0.554. The van der Waals surface area contributed by atoms with Crippen LogP contribution < -0.4 is 5.43 Å². The highest BCUT2D eigenvalue weighted by Crippen LogP contribution is 2.40. The van der Waals surface area contributed by atoms with E-state index in [1.54, 1.807) is 12.1 Å². The predicted molar refractivity (Wildman–Crippen MR) is 112 cm³/mol. The van der Waals surface area contributed by atoms with Crippen molar-refractivity contribution in [3.63, 3.8) is 0 Å². The van der Waals surface area contributed by atoms with Crippen molar-refractivity contribution in [1.82, 2.24) is 4.90 Å². The first-order valence-corrected chi connectivity index (χ1v) is 9.88. The molecule has 0 radical (unpaired) electrons. The fraction of sp³-hybridized carbons (Fsp3) is 0.0833. The van der Waals surface area contributed by atoms with Crippen LogP contribution in [0.1, 0.15) is 33.3 Å². The Bertz CT molecular complexity index is 1400. The zero-order chi connectivity index (χ0) is 21.7. The van der Waals surface area contributed by atoms with E-state index in [0.29, 0.717) is 10.6 Å². The molecule has 3 aromatic carbocycles. The van der Waals surface area contributed by atoms with Crippen LogP contribution in [0.2, 0.25) is 5.02 Å². The van der Waals surface area contributed by atoms with E-state index in [9.17, 15) is 18.4 Å². The molecule has 2 heterocycles. The SMILES string of the molecule is O=C1c2oc3ccc(Cl)cc3c(=O)c2C(c2ccccc2F)N1Cc1ccc(F)cc1. The highest BCUT2D eigenvalue weighted by Gasteiger charge is 2.43. The summed E-state index contributed by atoms with van der Waals surface area (Å²) in [6.07, 6.45) is 0. The molecular formula is C24H14ClF2NO3. The van der Waals surface area contributed by atoms with Crippen molar-refractivity contribution in [2.45, 2.75) is 12.6 Å². The van der Waals surface area contributed by atoms with Gasteiger partial charge in [-0.3, -0.25) is 9.59 Å². The van der Waals surface area contributed by atoms with Crippen LogP contribution in [0.15, 0.2) is 75.9 Å². The monoisotopic (exact) mass is 437 g/mol. The molecule has 1 aliphatic heterocycles. The summed E-state index contributed by atoms with van der Waals surface area (Å²) in [6, 6.07) is 15.2. The van der Waals surface area contributed by atoms with Crippen molar-refractivity contribution in [2.24, 2.45) is 0 Å². The summed E-state index contributed by atoms with van der Waals surface area (Å²) in [5.74, 6) is -1.63. The molecule has 0 aliphatic carbocycles. The molecule has 1 amide bonds. The molecule has 4 aromatic rings. The largest absolute Gasteiger partial charge is 0.450 e. The second-order valence-corrected chi connectivity index (χ2v) is 7.73. The van der Waals surface area contributed by atoms with Gasteiger partial charge in [0.25, 0.3) is 5.91 Å². The van der Waals surface area contributed by atoms with Gasteiger partial charge in [-0.05, 0) is 42.0 Å². The maximum absolute atomic E-state index is 14.8. The molecule has 31 heavy (non-hydrogen) atoms. The van der Waals surface area contributed by atoms with Gasteiger partial charge in [0.15, 0.2) is 5.43 Å². The van der Waals surface area contributed by atoms with Crippen LogP contribution in [0.25, 0.3) is 11.0 Å². The van der Waals surface area contributed by atoms with Crippen LogP contribution in [0.4, 0.5) is 8.78 Å². The van der Waals surface area contributed by atoms with Gasteiger partial charge in [0, 0.05) is 17.1 Å². The summed E-state index contributed by atoms with van der Waals surface area (Å²) >= 11 is 6.05. The molecule has 0 spiro atoms. The predicted octanol–water partition coefficient (Wildman–Crippen LogP) is 5.47. The van der Waals surface area contributed by atoms with Crippen molar-refractivity contribution >= 4 is 28.5 Å². The minimum Gasteiger partial charge on any atom is -0.450 e. The van der Waals surface area contributed by atoms with Crippen molar-refractivity contribution in [1.29, 1.82) is 0 Å². The van der Waals surface area contributed by atoms with E-state index >= 15 is 0 Å². The third-order valence-electron chi connectivity index (χ3n) is 5.39. The molecule has 0 bridgehead atoms. The minimum absolute atomic E-state index is 0.0405. The number of hydrogen-bond acceptors (Lipinski definition) is 3. The van der Waals surface area contributed by atoms with E-state index in [2.05, 4.69) is 0 Å². The molecule has 7 heteroatoms. The van der Waals surface area contributed by atoms with Crippen molar-refractivity contribution in [2.75, 3.05) is 0 Å². The number of carbonyl (C=O) groups excluding carboxylic acids is 1. The fourth-order valence-corrected chi connectivity index (χ4v) is 4.13. The Morgan fingerprint density at radius 1 is 0.968 bits per heavy atom. The average Bonchev–Trinajstić information content (AvgIpc) is 3.03. The highest BCUT2D eigenvalue weighted by molar-refractivity contribution is 6.31. The van der Waals surface area contributed by atoms with Crippen LogP contribution in [0.5, 0.6) is 0 Å². The second kappa shape index (κ2) is 7.32. The van der Waals surface area contributed by atoms with Gasteiger partial charge in [0.1, 0.15) is 17.2 Å². The Hall–Kier alpha value is -3.51. The molecule has 1 aliphatic rings. The number of rotatable bonds is 3. The fourth-order valence-electron chi connectivity index (χ4n) is 3.96. The van der Waals surface area contributed by atoms with E-state index in [0.717, 1.165) is 0 Å². The van der Waals surface area contributed by atoms with E-state index < -0.39 is 29.0 Å². The van der Waals surface area contributed by atoms with Crippen LogP contribution >= 0.6 is 11.6 Å². The number of nitrogens with zero attached hydrogens (tertiary/aromatic N) is 1. The van der Waals surface area contributed by atoms with Gasteiger partial charge in [0.2, 0.25) is 5.76 Å². The molecule has 0 fully saturated rings. The lowest BCUT2D eigenvalue weighted by Crippen LogP contribution is -2.29. The lowest BCUT2D eigenvalue weighted by Gasteiger charge is -2.25. The van der Waals surface area contributed by atoms with Crippen LogP contribution in [-0.4, -0.2) is 10.8 Å². The summed E-state index contributed by atoms with van der Waals surface area (Å²) in [5.41, 5.74) is 0.640. The Balaban J connectivity index is 1.74. The molecule has 1 atom stereocenters. The molecule has 5 rings (SSSR count). The summed E-state index contributed by atoms with van der Waals surface area (Å²) < 4.78 is 33.9. The lowest BCUT2D eigenvalue weighted by molar-refractivity contribution is 0.0712. The molecular weight excluding hydrogens is 424 g/mol.